The minimum atomic E-state index is -0.382. The molecule has 0 saturated heterocycles. The zero-order valence-electron chi connectivity index (χ0n) is 18.0. The number of thioether (sulfide) groups is 1. The zero-order valence-corrected chi connectivity index (χ0v) is 19.6. The Hall–Kier alpha value is -2.61. The molecule has 0 saturated carbocycles. The van der Waals surface area contributed by atoms with Gasteiger partial charge in [-0.3, -0.25) is 9.69 Å². The van der Waals surface area contributed by atoms with E-state index in [4.69, 9.17) is 4.74 Å². The number of nitrogens with one attached hydrogen (secondary N) is 1. The molecule has 2 aromatic carbocycles. The molecule has 5 nitrogen and oxygen atoms in total. The molecule has 7 heteroatoms. The SMILES string of the molecule is COC(=O)c1c(NC(=O)CCSc2ccccc2)sc2c1CCN(Cc1ccccc1)C2. The molecule has 1 aliphatic rings. The fraction of sp³-hybridized carbons (Fsp3) is 0.280. The summed E-state index contributed by atoms with van der Waals surface area (Å²) < 4.78 is 5.04. The molecule has 2 heterocycles. The van der Waals surface area contributed by atoms with Gasteiger partial charge in [0.1, 0.15) is 5.00 Å². The van der Waals surface area contributed by atoms with Gasteiger partial charge in [-0.25, -0.2) is 4.79 Å². The van der Waals surface area contributed by atoms with Crippen molar-refractivity contribution in [2.45, 2.75) is 30.8 Å². The summed E-state index contributed by atoms with van der Waals surface area (Å²) in [6, 6.07) is 20.4. The third-order valence-electron chi connectivity index (χ3n) is 5.37. The van der Waals surface area contributed by atoms with Crippen LogP contribution in [0.25, 0.3) is 0 Å². The molecule has 1 amide bonds. The molecule has 1 N–H and O–H groups in total. The zero-order chi connectivity index (χ0) is 22.3. The molecule has 0 aliphatic carbocycles. The third-order valence-corrected chi connectivity index (χ3v) is 7.51. The Balaban J connectivity index is 1.43. The van der Waals surface area contributed by atoms with Gasteiger partial charge in [-0.2, -0.15) is 0 Å². The molecule has 0 fully saturated rings. The summed E-state index contributed by atoms with van der Waals surface area (Å²) in [5, 5.41) is 3.59. The summed E-state index contributed by atoms with van der Waals surface area (Å²) in [6.07, 6.45) is 1.14. The van der Waals surface area contributed by atoms with Gasteiger partial charge in [-0.15, -0.1) is 23.1 Å². The largest absolute Gasteiger partial charge is 0.465 e. The molecule has 3 aromatic rings. The number of nitrogens with zero attached hydrogens (tertiary/aromatic N) is 1. The Morgan fingerprint density at radius 3 is 2.53 bits per heavy atom. The lowest BCUT2D eigenvalue weighted by Gasteiger charge is -2.27. The van der Waals surface area contributed by atoms with Crippen molar-refractivity contribution in [2.75, 3.05) is 24.7 Å². The summed E-state index contributed by atoms with van der Waals surface area (Å²) in [5.74, 6) is 0.214. The maximum absolute atomic E-state index is 12.6. The maximum atomic E-state index is 12.6. The molecule has 0 bridgehead atoms. The quantitative estimate of drug-likeness (QED) is 0.365. The number of esters is 1. The Bertz CT molecular complexity index is 1070. The first-order valence-electron chi connectivity index (χ1n) is 10.6. The fourth-order valence-electron chi connectivity index (χ4n) is 3.81. The fourth-order valence-corrected chi connectivity index (χ4v) is 5.97. The standard InChI is InChI=1S/C25H26N2O3S2/c1-30-25(29)23-20-12-14-27(16-18-8-4-2-5-9-18)17-21(20)32-24(23)26-22(28)13-15-31-19-10-6-3-7-11-19/h2-11H,12-17H2,1H3,(H,26,28). The van der Waals surface area contributed by atoms with Crippen molar-refractivity contribution in [1.82, 2.24) is 4.90 Å². The molecule has 166 valence electrons. The van der Waals surface area contributed by atoms with E-state index >= 15 is 0 Å². The number of benzene rings is 2. The van der Waals surface area contributed by atoms with Crippen molar-refractivity contribution < 1.29 is 14.3 Å². The topological polar surface area (TPSA) is 58.6 Å². The van der Waals surface area contributed by atoms with Crippen LogP contribution in [0, 0.1) is 0 Å². The number of carbonyl (C=O) groups excluding carboxylic acids is 2. The highest BCUT2D eigenvalue weighted by molar-refractivity contribution is 7.99. The van der Waals surface area contributed by atoms with Crippen molar-refractivity contribution >= 4 is 40.0 Å². The van der Waals surface area contributed by atoms with E-state index in [2.05, 4.69) is 34.5 Å². The molecule has 0 atom stereocenters. The van der Waals surface area contributed by atoms with Crippen LogP contribution < -0.4 is 5.32 Å². The molecule has 1 aromatic heterocycles. The lowest BCUT2D eigenvalue weighted by molar-refractivity contribution is -0.115. The third kappa shape index (κ3) is 5.59. The van der Waals surface area contributed by atoms with Gasteiger partial charge in [-0.05, 0) is 29.7 Å². The number of anilines is 1. The number of hydrogen-bond acceptors (Lipinski definition) is 6. The highest BCUT2D eigenvalue weighted by Crippen LogP contribution is 2.38. The van der Waals surface area contributed by atoms with E-state index in [1.54, 1.807) is 11.8 Å². The first-order valence-corrected chi connectivity index (χ1v) is 12.4. The van der Waals surface area contributed by atoms with E-state index < -0.39 is 0 Å². The van der Waals surface area contributed by atoms with Crippen LogP contribution in [0.1, 0.15) is 32.8 Å². The average Bonchev–Trinajstić information content (AvgIpc) is 3.16. The van der Waals surface area contributed by atoms with Crippen LogP contribution in [-0.2, 0) is 29.0 Å². The molecule has 0 radical (unpaired) electrons. The van der Waals surface area contributed by atoms with Crippen LogP contribution in [0.2, 0.25) is 0 Å². The number of carbonyl (C=O) groups is 2. The summed E-state index contributed by atoms with van der Waals surface area (Å²) in [4.78, 5) is 29.8. The normalized spacial score (nSPS) is 13.4. The van der Waals surface area contributed by atoms with E-state index in [9.17, 15) is 9.59 Å². The van der Waals surface area contributed by atoms with Crippen LogP contribution in [-0.4, -0.2) is 36.2 Å². The van der Waals surface area contributed by atoms with Crippen molar-refractivity contribution in [3.05, 3.63) is 82.2 Å². The molecular weight excluding hydrogens is 440 g/mol. The number of methoxy groups -OCH3 is 1. The molecular formula is C25H26N2O3S2. The van der Waals surface area contributed by atoms with Crippen LogP contribution >= 0.6 is 23.1 Å². The molecule has 0 spiro atoms. The second-order valence-electron chi connectivity index (χ2n) is 7.61. The lowest BCUT2D eigenvalue weighted by atomic mass is 10.0. The molecule has 32 heavy (non-hydrogen) atoms. The first kappa shape index (κ1) is 22.6. The van der Waals surface area contributed by atoms with Gasteiger partial charge in [0.15, 0.2) is 0 Å². The highest BCUT2D eigenvalue weighted by atomic mass is 32.2. The van der Waals surface area contributed by atoms with E-state index in [1.807, 2.05) is 36.4 Å². The van der Waals surface area contributed by atoms with Gasteiger partial charge in [0.05, 0.1) is 12.7 Å². The van der Waals surface area contributed by atoms with Gasteiger partial charge >= 0.3 is 5.97 Å². The van der Waals surface area contributed by atoms with Crippen molar-refractivity contribution in [1.29, 1.82) is 0 Å². The number of rotatable bonds is 8. The van der Waals surface area contributed by atoms with E-state index in [-0.39, 0.29) is 11.9 Å². The minimum Gasteiger partial charge on any atom is -0.465 e. The number of hydrogen-bond donors (Lipinski definition) is 1. The second-order valence-corrected chi connectivity index (χ2v) is 9.88. The van der Waals surface area contributed by atoms with Gasteiger partial charge in [0.2, 0.25) is 5.91 Å². The van der Waals surface area contributed by atoms with Crippen molar-refractivity contribution in [3.8, 4) is 0 Å². The van der Waals surface area contributed by atoms with Crippen LogP contribution in [0.15, 0.2) is 65.6 Å². The van der Waals surface area contributed by atoms with E-state index in [0.717, 1.165) is 41.4 Å². The summed E-state index contributed by atoms with van der Waals surface area (Å²) in [6.45, 7) is 2.49. The van der Waals surface area contributed by atoms with E-state index in [1.165, 1.54) is 24.0 Å². The predicted molar refractivity (Wildman–Crippen MR) is 130 cm³/mol. The Kier molecular flexibility index (Phi) is 7.63. The van der Waals surface area contributed by atoms with Gasteiger partial charge in [0, 0.05) is 41.6 Å². The lowest BCUT2D eigenvalue weighted by Crippen LogP contribution is -2.29. The Labute approximate surface area is 196 Å². The minimum absolute atomic E-state index is 0.0849. The van der Waals surface area contributed by atoms with E-state index in [0.29, 0.717) is 22.7 Å². The van der Waals surface area contributed by atoms with Gasteiger partial charge in [0.25, 0.3) is 0 Å². The maximum Gasteiger partial charge on any atom is 0.341 e. The number of amides is 1. The average molecular weight is 467 g/mol. The number of thiophene rings is 1. The second kappa shape index (κ2) is 10.8. The van der Waals surface area contributed by atoms with Crippen LogP contribution in [0.3, 0.4) is 0 Å². The molecule has 1 aliphatic heterocycles. The van der Waals surface area contributed by atoms with Crippen LogP contribution in [0.4, 0.5) is 5.00 Å². The summed E-state index contributed by atoms with van der Waals surface area (Å²) in [7, 11) is 1.39. The first-order chi connectivity index (χ1) is 15.6. The molecule has 4 rings (SSSR count). The highest BCUT2D eigenvalue weighted by Gasteiger charge is 2.29. The number of fused-ring (bicyclic) bond motifs is 1. The number of ether oxygens (including phenoxy) is 1. The monoisotopic (exact) mass is 466 g/mol. The Morgan fingerprint density at radius 1 is 1.09 bits per heavy atom. The predicted octanol–water partition coefficient (Wildman–Crippen LogP) is 5.21. The van der Waals surface area contributed by atoms with Crippen LogP contribution in [0.5, 0.6) is 0 Å². The summed E-state index contributed by atoms with van der Waals surface area (Å²) in [5.41, 5.74) is 2.81. The smallest absolute Gasteiger partial charge is 0.341 e. The van der Waals surface area contributed by atoms with Crippen molar-refractivity contribution in [2.24, 2.45) is 0 Å². The molecule has 0 unspecified atom stereocenters. The van der Waals surface area contributed by atoms with Crippen molar-refractivity contribution in [3.63, 3.8) is 0 Å². The Morgan fingerprint density at radius 2 is 1.81 bits per heavy atom. The van der Waals surface area contributed by atoms with Gasteiger partial charge in [-0.1, -0.05) is 48.5 Å². The van der Waals surface area contributed by atoms with Gasteiger partial charge < -0.3 is 10.1 Å². The summed E-state index contributed by atoms with van der Waals surface area (Å²) >= 11 is 3.14.